The fourth-order valence-electron chi connectivity index (χ4n) is 3.79. The van der Waals surface area contributed by atoms with Crippen LogP contribution >= 0.6 is 0 Å². The lowest BCUT2D eigenvalue weighted by Crippen LogP contribution is -2.46. The maximum atomic E-state index is 13.0. The maximum absolute atomic E-state index is 13.0. The molecule has 1 aromatic rings. The lowest BCUT2D eigenvalue weighted by atomic mass is 9.94. The standard InChI is InChI=1S/C14H24N4O2S/c1-2-8-17-10-13(14(15)16-17)21(19,20)18-9-4-6-11-5-3-7-12(11)18/h10-12H,2-9H2,1H3,(H2,15,16). The van der Waals surface area contributed by atoms with Crippen LogP contribution in [0.25, 0.3) is 0 Å². The van der Waals surface area contributed by atoms with E-state index in [1.54, 1.807) is 15.2 Å². The van der Waals surface area contributed by atoms with E-state index in [9.17, 15) is 8.42 Å². The van der Waals surface area contributed by atoms with Gasteiger partial charge in [0.2, 0.25) is 10.0 Å². The summed E-state index contributed by atoms with van der Waals surface area (Å²) in [6.45, 7) is 3.33. The number of piperidine rings is 1. The predicted molar refractivity (Wildman–Crippen MR) is 81.2 cm³/mol. The van der Waals surface area contributed by atoms with Gasteiger partial charge in [0, 0.05) is 25.3 Å². The molecule has 21 heavy (non-hydrogen) atoms. The SMILES string of the molecule is CCCn1cc(S(=O)(=O)N2CCCC3CCCC32)c(N)n1. The molecule has 2 aliphatic rings. The minimum absolute atomic E-state index is 0.128. The summed E-state index contributed by atoms with van der Waals surface area (Å²) in [6.07, 6.45) is 7.85. The van der Waals surface area contributed by atoms with Crippen LogP contribution in [-0.2, 0) is 16.6 Å². The number of nitrogens with zero attached hydrogens (tertiary/aromatic N) is 3. The topological polar surface area (TPSA) is 81.2 Å². The highest BCUT2D eigenvalue weighted by Crippen LogP contribution is 2.39. The number of fused-ring (bicyclic) bond motifs is 1. The number of aromatic nitrogens is 2. The highest BCUT2D eigenvalue weighted by atomic mass is 32.2. The number of anilines is 1. The molecule has 1 aliphatic heterocycles. The first-order valence-electron chi connectivity index (χ1n) is 7.89. The summed E-state index contributed by atoms with van der Waals surface area (Å²) in [6, 6.07) is 0.165. The molecule has 1 saturated heterocycles. The van der Waals surface area contributed by atoms with E-state index >= 15 is 0 Å². The van der Waals surface area contributed by atoms with Crippen molar-refractivity contribution in [3.05, 3.63) is 6.20 Å². The Kier molecular flexibility index (Phi) is 3.96. The van der Waals surface area contributed by atoms with Gasteiger partial charge in [-0.1, -0.05) is 13.3 Å². The Labute approximate surface area is 126 Å². The molecule has 2 N–H and O–H groups in total. The average molecular weight is 312 g/mol. The lowest BCUT2D eigenvalue weighted by Gasteiger charge is -2.36. The van der Waals surface area contributed by atoms with E-state index in [0.717, 1.165) is 38.5 Å². The van der Waals surface area contributed by atoms with Crippen molar-refractivity contribution < 1.29 is 8.42 Å². The number of hydrogen-bond donors (Lipinski definition) is 1. The molecular weight excluding hydrogens is 288 g/mol. The van der Waals surface area contributed by atoms with E-state index in [0.29, 0.717) is 19.0 Å². The second kappa shape index (κ2) is 5.61. The van der Waals surface area contributed by atoms with E-state index in [4.69, 9.17) is 5.73 Å². The molecular formula is C14H24N4O2S. The molecule has 2 unspecified atom stereocenters. The van der Waals surface area contributed by atoms with E-state index in [2.05, 4.69) is 5.10 Å². The third-order valence-electron chi connectivity index (χ3n) is 4.74. The average Bonchev–Trinajstić information content (AvgIpc) is 3.05. The summed E-state index contributed by atoms with van der Waals surface area (Å²) in [7, 11) is -3.52. The summed E-state index contributed by atoms with van der Waals surface area (Å²) in [5, 5.41) is 4.14. The molecule has 0 amide bonds. The molecule has 118 valence electrons. The minimum Gasteiger partial charge on any atom is -0.381 e. The monoisotopic (exact) mass is 312 g/mol. The van der Waals surface area contributed by atoms with Crippen molar-refractivity contribution in [2.45, 2.75) is 62.9 Å². The van der Waals surface area contributed by atoms with Crippen molar-refractivity contribution in [2.75, 3.05) is 12.3 Å². The fourth-order valence-corrected chi connectivity index (χ4v) is 5.61. The molecule has 2 fully saturated rings. The Morgan fingerprint density at radius 2 is 2.10 bits per heavy atom. The minimum atomic E-state index is -3.52. The molecule has 3 rings (SSSR count). The fraction of sp³-hybridized carbons (Fsp3) is 0.786. The number of nitrogen functional groups attached to an aromatic ring is 1. The van der Waals surface area contributed by atoms with Crippen LogP contribution in [0.5, 0.6) is 0 Å². The Bertz CT molecular complexity index is 610. The van der Waals surface area contributed by atoms with Crippen molar-refractivity contribution in [3.8, 4) is 0 Å². The van der Waals surface area contributed by atoms with Crippen molar-refractivity contribution in [2.24, 2.45) is 5.92 Å². The van der Waals surface area contributed by atoms with Crippen LogP contribution in [0.4, 0.5) is 5.82 Å². The van der Waals surface area contributed by atoms with Gasteiger partial charge in [-0.3, -0.25) is 4.68 Å². The quantitative estimate of drug-likeness (QED) is 0.919. The molecule has 6 nitrogen and oxygen atoms in total. The van der Waals surface area contributed by atoms with Gasteiger partial charge in [0.25, 0.3) is 0 Å². The zero-order valence-electron chi connectivity index (χ0n) is 12.5. The van der Waals surface area contributed by atoms with Crippen molar-refractivity contribution in [3.63, 3.8) is 0 Å². The van der Waals surface area contributed by atoms with Gasteiger partial charge in [-0.05, 0) is 38.0 Å². The zero-order valence-corrected chi connectivity index (χ0v) is 13.3. The smallest absolute Gasteiger partial charge is 0.248 e. The number of nitrogens with two attached hydrogens (primary N) is 1. The van der Waals surface area contributed by atoms with Crippen LogP contribution < -0.4 is 5.73 Å². The third kappa shape index (κ3) is 2.57. The highest BCUT2D eigenvalue weighted by Gasteiger charge is 2.42. The Morgan fingerprint density at radius 1 is 1.33 bits per heavy atom. The van der Waals surface area contributed by atoms with Crippen molar-refractivity contribution in [1.29, 1.82) is 0 Å². The highest BCUT2D eigenvalue weighted by molar-refractivity contribution is 7.89. The first kappa shape index (κ1) is 14.8. The number of rotatable bonds is 4. The van der Waals surface area contributed by atoms with E-state index in [1.165, 1.54) is 0 Å². The summed E-state index contributed by atoms with van der Waals surface area (Å²) in [5.74, 6) is 0.656. The van der Waals surface area contributed by atoms with Gasteiger partial charge in [-0.2, -0.15) is 9.40 Å². The normalized spacial score (nSPS) is 26.9. The van der Waals surface area contributed by atoms with Gasteiger partial charge in [0.1, 0.15) is 4.90 Å². The molecule has 2 atom stereocenters. The van der Waals surface area contributed by atoms with Gasteiger partial charge in [-0.15, -0.1) is 0 Å². The summed E-state index contributed by atoms with van der Waals surface area (Å²) >= 11 is 0. The molecule has 1 aromatic heterocycles. The Hall–Kier alpha value is -1.08. The summed E-state index contributed by atoms with van der Waals surface area (Å²) in [4.78, 5) is 0.184. The first-order valence-corrected chi connectivity index (χ1v) is 9.33. The molecule has 0 radical (unpaired) electrons. The molecule has 0 spiro atoms. The summed E-state index contributed by atoms with van der Waals surface area (Å²) in [5.41, 5.74) is 5.86. The maximum Gasteiger partial charge on any atom is 0.248 e. The molecule has 1 aliphatic carbocycles. The van der Waals surface area contributed by atoms with Crippen LogP contribution in [0.3, 0.4) is 0 Å². The van der Waals surface area contributed by atoms with Crippen molar-refractivity contribution >= 4 is 15.8 Å². The third-order valence-corrected chi connectivity index (χ3v) is 6.68. The van der Waals surface area contributed by atoms with Crippen LogP contribution in [0.2, 0.25) is 0 Å². The largest absolute Gasteiger partial charge is 0.381 e. The van der Waals surface area contributed by atoms with Crippen LogP contribution in [0, 0.1) is 5.92 Å². The van der Waals surface area contributed by atoms with Crippen LogP contribution in [0.15, 0.2) is 11.1 Å². The molecule has 1 saturated carbocycles. The first-order chi connectivity index (χ1) is 10.0. The van der Waals surface area contributed by atoms with Crippen molar-refractivity contribution in [1.82, 2.24) is 14.1 Å². The molecule has 7 heteroatoms. The number of hydrogen-bond acceptors (Lipinski definition) is 4. The summed E-state index contributed by atoms with van der Waals surface area (Å²) < 4.78 is 29.3. The molecule has 0 aromatic carbocycles. The van der Waals surface area contributed by atoms with Crippen LogP contribution in [0.1, 0.15) is 45.4 Å². The van der Waals surface area contributed by atoms with Crippen LogP contribution in [-0.4, -0.2) is 35.1 Å². The molecule has 0 bridgehead atoms. The van der Waals surface area contributed by atoms with E-state index in [-0.39, 0.29) is 16.8 Å². The van der Waals surface area contributed by atoms with Gasteiger partial charge < -0.3 is 5.73 Å². The van der Waals surface area contributed by atoms with Gasteiger partial charge >= 0.3 is 0 Å². The zero-order chi connectivity index (χ0) is 15.0. The molecule has 2 heterocycles. The van der Waals surface area contributed by atoms with E-state index < -0.39 is 10.0 Å². The lowest BCUT2D eigenvalue weighted by molar-refractivity contribution is 0.202. The van der Waals surface area contributed by atoms with Gasteiger partial charge in [0.05, 0.1) is 0 Å². The Morgan fingerprint density at radius 3 is 2.86 bits per heavy atom. The second-order valence-electron chi connectivity index (χ2n) is 6.16. The van der Waals surface area contributed by atoms with E-state index in [1.807, 2.05) is 6.92 Å². The number of aryl methyl sites for hydroxylation is 1. The Balaban J connectivity index is 1.92. The van der Waals surface area contributed by atoms with Gasteiger partial charge in [0.15, 0.2) is 5.82 Å². The second-order valence-corrected chi connectivity index (χ2v) is 8.02. The van der Waals surface area contributed by atoms with Gasteiger partial charge in [-0.25, -0.2) is 8.42 Å². The number of sulfonamides is 1. The predicted octanol–water partition coefficient (Wildman–Crippen LogP) is 1.83.